The van der Waals surface area contributed by atoms with E-state index in [-0.39, 0.29) is 42.9 Å². The summed E-state index contributed by atoms with van der Waals surface area (Å²) in [6.45, 7) is 8.36. The summed E-state index contributed by atoms with van der Waals surface area (Å²) < 4.78 is 14.4. The van der Waals surface area contributed by atoms with Gasteiger partial charge in [-0.1, -0.05) is 44.2 Å². The Morgan fingerprint density at radius 1 is 1.10 bits per heavy atom. The fourth-order valence-corrected chi connectivity index (χ4v) is 7.49. The summed E-state index contributed by atoms with van der Waals surface area (Å²) in [5.41, 5.74) is 3.36. The molecular weight excluding hydrogens is 527 g/mol. The first-order valence-corrected chi connectivity index (χ1v) is 15.3. The third kappa shape index (κ3) is 5.99. The van der Waals surface area contributed by atoms with E-state index >= 15 is 0 Å². The number of carbonyl (C=O) groups is 3. The Kier molecular flexibility index (Phi) is 8.68. The number of hydrogen-bond acceptors (Lipinski definition) is 4. The Morgan fingerprint density at radius 3 is 2.60 bits per heavy atom. The van der Waals surface area contributed by atoms with E-state index in [2.05, 4.69) is 19.2 Å². The molecule has 3 aliphatic rings. The van der Waals surface area contributed by atoms with Crippen LogP contribution in [-0.4, -0.2) is 70.0 Å². The molecule has 2 saturated heterocycles. The summed E-state index contributed by atoms with van der Waals surface area (Å²) in [7, 11) is 0. The fourth-order valence-electron chi connectivity index (χ4n) is 5.93. The first kappa shape index (κ1) is 28.5. The number of benzene rings is 2. The first-order valence-electron chi connectivity index (χ1n) is 14.4. The summed E-state index contributed by atoms with van der Waals surface area (Å²) in [6.07, 6.45) is 3.21. The van der Waals surface area contributed by atoms with Crippen LogP contribution in [0.15, 0.2) is 42.5 Å². The number of likely N-dealkylation sites (tertiary alicyclic amines) is 1. The standard InChI is InChI=1S/C31H39FN4O3S.H2/c1-20(2)11-17-36-29(38)27(40-30(36)24-8-6-9-25(32)21(24)3)19-28(37)34-15-13-23(14-16-34)35-18-12-22-7-4-5-10-26(22)33-31(35)39;/h4-10,20,23,27,30H,11-19H2,1-3H3,(H,33,39);1H. The highest BCUT2D eigenvalue weighted by atomic mass is 32.2. The molecular formula is C31H41FN4O3S. The van der Waals surface area contributed by atoms with Crippen LogP contribution in [0.25, 0.3) is 0 Å². The second-order valence-electron chi connectivity index (χ2n) is 11.5. The van der Waals surface area contributed by atoms with Gasteiger partial charge in [0.2, 0.25) is 11.8 Å². The van der Waals surface area contributed by atoms with E-state index in [1.165, 1.54) is 17.8 Å². The van der Waals surface area contributed by atoms with Gasteiger partial charge in [0.15, 0.2) is 0 Å². The molecule has 0 saturated carbocycles. The Hall–Kier alpha value is -3.07. The van der Waals surface area contributed by atoms with Crippen molar-refractivity contribution in [2.24, 2.45) is 5.92 Å². The molecule has 3 heterocycles. The molecule has 0 radical (unpaired) electrons. The zero-order valence-electron chi connectivity index (χ0n) is 23.6. The van der Waals surface area contributed by atoms with E-state index in [4.69, 9.17) is 0 Å². The minimum absolute atomic E-state index is 0. The van der Waals surface area contributed by atoms with E-state index in [1.807, 2.05) is 45.0 Å². The van der Waals surface area contributed by atoms with E-state index in [1.54, 1.807) is 13.0 Å². The number of halogens is 1. The third-order valence-corrected chi connectivity index (χ3v) is 9.88. The molecule has 3 aliphatic heterocycles. The third-order valence-electron chi connectivity index (χ3n) is 8.42. The first-order chi connectivity index (χ1) is 19.2. The molecule has 2 fully saturated rings. The van der Waals surface area contributed by atoms with Gasteiger partial charge >= 0.3 is 6.03 Å². The molecule has 2 atom stereocenters. The molecule has 2 aromatic rings. The zero-order chi connectivity index (χ0) is 28.4. The number of nitrogens with one attached hydrogen (secondary N) is 1. The molecule has 2 aromatic carbocycles. The lowest BCUT2D eigenvalue weighted by molar-refractivity contribution is -0.136. The topological polar surface area (TPSA) is 73.0 Å². The van der Waals surface area contributed by atoms with E-state index in [9.17, 15) is 18.8 Å². The van der Waals surface area contributed by atoms with E-state index < -0.39 is 5.25 Å². The normalized spacial score (nSPS) is 22.0. The van der Waals surface area contributed by atoms with Crippen molar-refractivity contribution in [3.05, 3.63) is 65.0 Å². The molecule has 7 nitrogen and oxygen atoms in total. The molecule has 0 aliphatic carbocycles. The SMILES string of the molecule is Cc1c(F)cccc1C1SC(CC(=O)N2CCC(N3CCc4ccccc4NC3=O)CC2)C(=O)N1CCC(C)C.[HH]. The lowest BCUT2D eigenvalue weighted by Gasteiger charge is -2.38. The Morgan fingerprint density at radius 2 is 1.85 bits per heavy atom. The number of para-hydroxylation sites is 1. The molecule has 0 spiro atoms. The van der Waals surface area contributed by atoms with Gasteiger partial charge in [0.25, 0.3) is 0 Å². The summed E-state index contributed by atoms with van der Waals surface area (Å²) >= 11 is 1.47. The van der Waals surface area contributed by atoms with Gasteiger partial charge in [-0.15, -0.1) is 11.8 Å². The number of anilines is 1. The van der Waals surface area contributed by atoms with Gasteiger partial charge in [-0.2, -0.15) is 0 Å². The number of hydrogen-bond donors (Lipinski definition) is 1. The molecule has 0 bridgehead atoms. The number of carbonyl (C=O) groups excluding carboxylic acids is 3. The second kappa shape index (κ2) is 12.2. The highest BCUT2D eigenvalue weighted by Gasteiger charge is 2.43. The van der Waals surface area contributed by atoms with Gasteiger partial charge in [0.05, 0.1) is 5.25 Å². The minimum Gasteiger partial charge on any atom is -0.342 e. The molecule has 4 amide bonds. The van der Waals surface area contributed by atoms with Crippen LogP contribution in [-0.2, 0) is 16.0 Å². The summed E-state index contributed by atoms with van der Waals surface area (Å²) in [6, 6.07) is 12.9. The average Bonchev–Trinajstić information content (AvgIpc) is 3.13. The molecule has 5 rings (SSSR count). The van der Waals surface area contributed by atoms with Crippen molar-refractivity contribution in [2.75, 3.05) is 31.5 Å². The molecule has 9 heteroatoms. The number of thioether (sulfide) groups is 1. The van der Waals surface area contributed by atoms with Crippen LogP contribution in [0.3, 0.4) is 0 Å². The number of nitrogens with zero attached hydrogens (tertiary/aromatic N) is 3. The Bertz CT molecular complexity index is 1270. The van der Waals surface area contributed by atoms with Crippen molar-refractivity contribution in [3.63, 3.8) is 0 Å². The van der Waals surface area contributed by atoms with Crippen molar-refractivity contribution in [3.8, 4) is 0 Å². The molecule has 0 aromatic heterocycles. The predicted molar refractivity (Wildman–Crippen MR) is 159 cm³/mol. The maximum atomic E-state index is 14.4. The highest BCUT2D eigenvalue weighted by molar-refractivity contribution is 8.01. The highest BCUT2D eigenvalue weighted by Crippen LogP contribution is 2.46. The largest absolute Gasteiger partial charge is 0.342 e. The van der Waals surface area contributed by atoms with Crippen molar-refractivity contribution >= 4 is 35.3 Å². The molecule has 216 valence electrons. The van der Waals surface area contributed by atoms with Gasteiger partial charge in [-0.3, -0.25) is 9.59 Å². The van der Waals surface area contributed by atoms with Crippen molar-refractivity contribution in [1.82, 2.24) is 14.7 Å². The van der Waals surface area contributed by atoms with Crippen LogP contribution in [0.5, 0.6) is 0 Å². The number of rotatable bonds is 7. The van der Waals surface area contributed by atoms with Gasteiger partial charge in [-0.05, 0) is 67.3 Å². The summed E-state index contributed by atoms with van der Waals surface area (Å²) in [4.78, 5) is 45.4. The van der Waals surface area contributed by atoms with E-state index in [0.29, 0.717) is 50.5 Å². The van der Waals surface area contributed by atoms with Crippen LogP contribution in [0.1, 0.15) is 63.0 Å². The van der Waals surface area contributed by atoms with Crippen LogP contribution in [0, 0.1) is 18.7 Å². The Balaban J connectivity index is 0.00000387. The van der Waals surface area contributed by atoms with Gasteiger partial charge < -0.3 is 20.0 Å². The predicted octanol–water partition coefficient (Wildman–Crippen LogP) is 5.84. The average molecular weight is 569 g/mol. The van der Waals surface area contributed by atoms with Gasteiger partial charge in [0, 0.05) is 45.8 Å². The fraction of sp³-hybridized carbons (Fsp3) is 0.516. The molecule has 40 heavy (non-hydrogen) atoms. The molecule has 2 unspecified atom stereocenters. The maximum Gasteiger partial charge on any atom is 0.322 e. The van der Waals surface area contributed by atoms with Crippen LogP contribution < -0.4 is 5.32 Å². The van der Waals surface area contributed by atoms with Gasteiger partial charge in [0.1, 0.15) is 11.2 Å². The lowest BCUT2D eigenvalue weighted by atomic mass is 10.0. The van der Waals surface area contributed by atoms with Crippen LogP contribution in [0.2, 0.25) is 0 Å². The van der Waals surface area contributed by atoms with Gasteiger partial charge in [-0.25, -0.2) is 9.18 Å². The smallest absolute Gasteiger partial charge is 0.322 e. The number of fused-ring (bicyclic) bond motifs is 1. The number of amides is 4. The van der Waals surface area contributed by atoms with Crippen molar-refractivity contribution < 1.29 is 20.2 Å². The Labute approximate surface area is 241 Å². The summed E-state index contributed by atoms with van der Waals surface area (Å²) in [5.74, 6) is 0.0778. The van der Waals surface area contributed by atoms with E-state index in [0.717, 1.165) is 29.7 Å². The van der Waals surface area contributed by atoms with Crippen molar-refractivity contribution in [2.45, 2.75) is 69.5 Å². The lowest BCUT2D eigenvalue weighted by Crippen LogP contribution is -2.50. The zero-order valence-corrected chi connectivity index (χ0v) is 24.4. The number of urea groups is 1. The van der Waals surface area contributed by atoms with Crippen LogP contribution in [0.4, 0.5) is 14.9 Å². The van der Waals surface area contributed by atoms with Crippen LogP contribution >= 0.6 is 11.8 Å². The monoisotopic (exact) mass is 568 g/mol. The second-order valence-corrected chi connectivity index (χ2v) is 12.8. The summed E-state index contributed by atoms with van der Waals surface area (Å²) in [5, 5.41) is 2.26. The number of piperidine rings is 1. The quantitative estimate of drug-likeness (QED) is 0.456. The van der Waals surface area contributed by atoms with Crippen molar-refractivity contribution in [1.29, 1.82) is 0 Å². The molecule has 1 N–H and O–H groups in total. The maximum absolute atomic E-state index is 14.4. The minimum atomic E-state index is -0.486.